The molecule has 1 heterocycles. The number of benzene rings is 1. The van der Waals surface area contributed by atoms with Gasteiger partial charge in [0, 0.05) is 17.6 Å². The summed E-state index contributed by atoms with van der Waals surface area (Å²) in [5.41, 5.74) is 1.02. The molecule has 4 nitrogen and oxygen atoms in total. The summed E-state index contributed by atoms with van der Waals surface area (Å²) in [6.07, 6.45) is -0.162. The molecule has 0 radical (unpaired) electrons. The zero-order chi connectivity index (χ0) is 14.2. The van der Waals surface area contributed by atoms with Crippen LogP contribution in [0.5, 0.6) is 0 Å². The predicted molar refractivity (Wildman–Crippen MR) is 77.6 cm³/mol. The van der Waals surface area contributed by atoms with Crippen LogP contribution in [-0.2, 0) is 14.8 Å². The number of morpholine rings is 1. The first-order valence-corrected chi connectivity index (χ1v) is 8.46. The summed E-state index contributed by atoms with van der Waals surface area (Å²) >= 11 is 3.34. The first kappa shape index (κ1) is 15.0. The minimum atomic E-state index is -3.47. The number of nitrogens with zero attached hydrogens (tertiary/aromatic N) is 1. The van der Waals surface area contributed by atoms with Gasteiger partial charge in [-0.15, -0.1) is 0 Å². The van der Waals surface area contributed by atoms with Crippen LogP contribution in [0.3, 0.4) is 0 Å². The molecule has 19 heavy (non-hydrogen) atoms. The Morgan fingerprint density at radius 1 is 1.26 bits per heavy atom. The Hall–Kier alpha value is -0.430. The zero-order valence-corrected chi connectivity index (χ0v) is 13.7. The van der Waals surface area contributed by atoms with Crippen molar-refractivity contribution in [2.24, 2.45) is 0 Å². The lowest BCUT2D eigenvalue weighted by molar-refractivity contribution is -0.0440. The lowest BCUT2D eigenvalue weighted by Gasteiger charge is -2.34. The van der Waals surface area contributed by atoms with E-state index in [0.717, 1.165) is 5.56 Å². The summed E-state index contributed by atoms with van der Waals surface area (Å²) in [6, 6.07) is 5.28. The second-order valence-electron chi connectivity index (χ2n) is 5.01. The second kappa shape index (κ2) is 5.52. The van der Waals surface area contributed by atoms with Crippen LogP contribution in [0.2, 0.25) is 0 Å². The van der Waals surface area contributed by atoms with Crippen molar-refractivity contribution in [2.75, 3.05) is 13.1 Å². The highest BCUT2D eigenvalue weighted by molar-refractivity contribution is 9.10. The van der Waals surface area contributed by atoms with Crippen LogP contribution in [0.25, 0.3) is 0 Å². The third-order valence-corrected chi connectivity index (χ3v) is 5.90. The minimum absolute atomic E-state index is 0.0808. The number of rotatable bonds is 2. The quantitative estimate of drug-likeness (QED) is 0.825. The first-order valence-electron chi connectivity index (χ1n) is 6.22. The van der Waals surface area contributed by atoms with Crippen LogP contribution in [0.1, 0.15) is 19.4 Å². The molecule has 2 unspecified atom stereocenters. The van der Waals surface area contributed by atoms with E-state index in [1.807, 2.05) is 32.9 Å². The van der Waals surface area contributed by atoms with Gasteiger partial charge in [0.05, 0.1) is 17.1 Å². The van der Waals surface area contributed by atoms with Gasteiger partial charge in [0.2, 0.25) is 10.0 Å². The van der Waals surface area contributed by atoms with E-state index in [2.05, 4.69) is 15.9 Å². The van der Waals surface area contributed by atoms with Crippen molar-refractivity contribution in [1.82, 2.24) is 4.31 Å². The standard InChI is InChI=1S/C13H18BrNO3S/c1-9-4-5-13(12(14)6-9)19(16,17)15-7-10(2)18-11(3)8-15/h4-6,10-11H,7-8H2,1-3H3. The third kappa shape index (κ3) is 3.18. The molecule has 0 N–H and O–H groups in total. The summed E-state index contributed by atoms with van der Waals surface area (Å²) in [5, 5.41) is 0. The molecule has 1 aliphatic heterocycles. The molecular weight excluding hydrogens is 330 g/mol. The topological polar surface area (TPSA) is 46.6 Å². The Labute approximate surface area is 122 Å². The second-order valence-corrected chi connectivity index (χ2v) is 7.77. The van der Waals surface area contributed by atoms with Crippen molar-refractivity contribution >= 4 is 26.0 Å². The highest BCUT2D eigenvalue weighted by atomic mass is 79.9. The van der Waals surface area contributed by atoms with Gasteiger partial charge in [0.15, 0.2) is 0 Å². The molecule has 2 atom stereocenters. The summed E-state index contributed by atoms with van der Waals surface area (Å²) in [7, 11) is -3.47. The average Bonchev–Trinajstić information content (AvgIpc) is 2.26. The number of ether oxygens (including phenoxy) is 1. The molecule has 0 bridgehead atoms. The van der Waals surface area contributed by atoms with E-state index in [4.69, 9.17) is 4.74 Å². The highest BCUT2D eigenvalue weighted by Gasteiger charge is 2.33. The number of aryl methyl sites for hydroxylation is 1. The molecule has 0 amide bonds. The van der Waals surface area contributed by atoms with Gasteiger partial charge >= 0.3 is 0 Å². The normalized spacial score (nSPS) is 25.5. The van der Waals surface area contributed by atoms with Crippen LogP contribution in [0.4, 0.5) is 0 Å². The molecule has 2 rings (SSSR count). The Balaban J connectivity index is 2.36. The summed E-state index contributed by atoms with van der Waals surface area (Å²) in [6.45, 7) is 6.50. The molecule has 0 spiro atoms. The number of sulfonamides is 1. The van der Waals surface area contributed by atoms with Crippen LogP contribution >= 0.6 is 15.9 Å². The van der Waals surface area contributed by atoms with Crippen molar-refractivity contribution in [3.8, 4) is 0 Å². The van der Waals surface area contributed by atoms with E-state index >= 15 is 0 Å². The maximum Gasteiger partial charge on any atom is 0.244 e. The van der Waals surface area contributed by atoms with Crippen LogP contribution in [0, 0.1) is 6.92 Å². The monoisotopic (exact) mass is 347 g/mol. The molecule has 0 aliphatic carbocycles. The van der Waals surface area contributed by atoms with Crippen LogP contribution in [0.15, 0.2) is 27.6 Å². The zero-order valence-electron chi connectivity index (χ0n) is 11.3. The highest BCUT2D eigenvalue weighted by Crippen LogP contribution is 2.28. The molecule has 1 aromatic carbocycles. The number of hydrogen-bond acceptors (Lipinski definition) is 3. The number of hydrogen-bond donors (Lipinski definition) is 0. The predicted octanol–water partition coefficient (Wildman–Crippen LogP) is 2.56. The minimum Gasteiger partial charge on any atom is -0.373 e. The fourth-order valence-corrected chi connectivity index (χ4v) is 5.02. The maximum atomic E-state index is 12.7. The van der Waals surface area contributed by atoms with Gasteiger partial charge in [0.1, 0.15) is 0 Å². The van der Waals surface area contributed by atoms with Crippen molar-refractivity contribution in [2.45, 2.75) is 37.9 Å². The lowest BCUT2D eigenvalue weighted by atomic mass is 10.2. The average molecular weight is 348 g/mol. The van der Waals surface area contributed by atoms with E-state index in [0.29, 0.717) is 22.5 Å². The Bertz CT molecular complexity index is 563. The molecule has 6 heteroatoms. The SMILES string of the molecule is Cc1ccc(S(=O)(=O)N2CC(C)OC(C)C2)c(Br)c1. The molecule has 106 valence electrons. The Kier molecular flexibility index (Phi) is 4.35. The van der Waals surface area contributed by atoms with Gasteiger partial charge in [-0.05, 0) is 54.4 Å². The third-order valence-electron chi connectivity index (χ3n) is 3.09. The molecule has 0 aromatic heterocycles. The van der Waals surface area contributed by atoms with E-state index < -0.39 is 10.0 Å². The first-order chi connectivity index (χ1) is 8.80. The van der Waals surface area contributed by atoms with Crippen LogP contribution < -0.4 is 0 Å². The van der Waals surface area contributed by atoms with Gasteiger partial charge in [-0.1, -0.05) is 6.07 Å². The summed E-state index contributed by atoms with van der Waals surface area (Å²) < 4.78 is 33.0. The smallest absolute Gasteiger partial charge is 0.244 e. The fourth-order valence-electron chi connectivity index (χ4n) is 2.28. The van der Waals surface area contributed by atoms with Crippen LogP contribution in [-0.4, -0.2) is 38.0 Å². The van der Waals surface area contributed by atoms with Gasteiger partial charge in [-0.2, -0.15) is 4.31 Å². The molecule has 1 fully saturated rings. The van der Waals surface area contributed by atoms with Crippen molar-refractivity contribution in [1.29, 1.82) is 0 Å². The summed E-state index contributed by atoms with van der Waals surface area (Å²) in [5.74, 6) is 0. The van der Waals surface area contributed by atoms with Gasteiger partial charge in [-0.3, -0.25) is 0 Å². The fraction of sp³-hybridized carbons (Fsp3) is 0.538. The van der Waals surface area contributed by atoms with E-state index in [1.54, 1.807) is 6.07 Å². The molecule has 1 aliphatic rings. The Morgan fingerprint density at radius 2 is 1.84 bits per heavy atom. The molecule has 1 saturated heterocycles. The molecule has 1 aromatic rings. The number of halogens is 1. The van der Waals surface area contributed by atoms with E-state index in [9.17, 15) is 8.42 Å². The largest absolute Gasteiger partial charge is 0.373 e. The molecular formula is C13H18BrNO3S. The van der Waals surface area contributed by atoms with Gasteiger partial charge in [0.25, 0.3) is 0 Å². The van der Waals surface area contributed by atoms with E-state index in [1.165, 1.54) is 4.31 Å². The van der Waals surface area contributed by atoms with Crippen molar-refractivity contribution in [3.05, 3.63) is 28.2 Å². The van der Waals surface area contributed by atoms with Gasteiger partial charge < -0.3 is 4.74 Å². The van der Waals surface area contributed by atoms with E-state index in [-0.39, 0.29) is 12.2 Å². The molecule has 0 saturated carbocycles. The van der Waals surface area contributed by atoms with Crippen molar-refractivity contribution < 1.29 is 13.2 Å². The summed E-state index contributed by atoms with van der Waals surface area (Å²) in [4.78, 5) is 0.319. The lowest BCUT2D eigenvalue weighted by Crippen LogP contribution is -2.48. The Morgan fingerprint density at radius 3 is 2.37 bits per heavy atom. The van der Waals surface area contributed by atoms with Gasteiger partial charge in [-0.25, -0.2) is 8.42 Å². The maximum absolute atomic E-state index is 12.7. The van der Waals surface area contributed by atoms with Crippen molar-refractivity contribution in [3.63, 3.8) is 0 Å².